The monoisotopic (exact) mass is 448 g/mol. The van der Waals surface area contributed by atoms with E-state index in [1.807, 2.05) is 6.07 Å². The number of nitrogens with zero attached hydrogens (tertiary/aromatic N) is 3. The fourth-order valence-electron chi connectivity index (χ4n) is 2.90. The maximum absolute atomic E-state index is 12.7. The highest BCUT2D eigenvalue weighted by molar-refractivity contribution is 7.92. The normalized spacial score (nSPS) is 11.0. The van der Waals surface area contributed by atoms with Gasteiger partial charge in [0.25, 0.3) is 10.0 Å². The summed E-state index contributed by atoms with van der Waals surface area (Å²) in [6.45, 7) is 0.344. The van der Waals surface area contributed by atoms with Crippen molar-refractivity contribution in [3.05, 3.63) is 97.1 Å². The smallest absolute Gasteiger partial charge is 0.319 e. The summed E-state index contributed by atoms with van der Waals surface area (Å²) < 4.78 is 29.5. The van der Waals surface area contributed by atoms with Crippen molar-refractivity contribution in [3.8, 4) is 5.69 Å². The lowest BCUT2D eigenvalue weighted by Crippen LogP contribution is -2.28. The summed E-state index contributed by atoms with van der Waals surface area (Å²) in [6.07, 6.45) is 6.76. The summed E-state index contributed by atoms with van der Waals surface area (Å²) in [6, 6.07) is 17.8. The van der Waals surface area contributed by atoms with Crippen molar-refractivity contribution < 1.29 is 13.2 Å². The van der Waals surface area contributed by atoms with Gasteiger partial charge in [-0.2, -0.15) is 5.10 Å². The van der Waals surface area contributed by atoms with Gasteiger partial charge in [0.2, 0.25) is 0 Å². The Hall–Kier alpha value is -4.18. The van der Waals surface area contributed by atoms with Gasteiger partial charge in [0.15, 0.2) is 0 Å². The number of sulfonamides is 1. The molecule has 3 N–H and O–H groups in total. The number of aromatic nitrogens is 3. The highest BCUT2D eigenvalue weighted by Crippen LogP contribution is 2.19. The molecule has 0 saturated carbocycles. The van der Waals surface area contributed by atoms with Gasteiger partial charge in [0.05, 0.1) is 10.6 Å². The van der Waals surface area contributed by atoms with Gasteiger partial charge in [-0.25, -0.2) is 17.9 Å². The van der Waals surface area contributed by atoms with E-state index >= 15 is 0 Å². The van der Waals surface area contributed by atoms with Gasteiger partial charge in [0.1, 0.15) is 0 Å². The molecule has 0 spiro atoms. The lowest BCUT2D eigenvalue weighted by Gasteiger charge is -2.11. The number of benzene rings is 2. The van der Waals surface area contributed by atoms with Crippen LogP contribution in [0.3, 0.4) is 0 Å². The largest absolute Gasteiger partial charge is 0.334 e. The summed E-state index contributed by atoms with van der Waals surface area (Å²) >= 11 is 0. The Morgan fingerprint density at radius 1 is 0.906 bits per heavy atom. The summed E-state index contributed by atoms with van der Waals surface area (Å²) in [5.41, 5.74) is 2.54. The number of anilines is 2. The number of pyridine rings is 1. The number of hydrogen-bond donors (Lipinski definition) is 3. The Bertz CT molecular complexity index is 1270. The molecule has 0 saturated heterocycles. The Balaban J connectivity index is 1.34. The second kappa shape index (κ2) is 9.31. The molecular formula is C22H20N6O3S. The van der Waals surface area contributed by atoms with Crippen molar-refractivity contribution in [2.75, 3.05) is 10.0 Å². The van der Waals surface area contributed by atoms with E-state index in [0.29, 0.717) is 17.9 Å². The van der Waals surface area contributed by atoms with Crippen LogP contribution in [-0.4, -0.2) is 29.2 Å². The molecule has 10 heteroatoms. The van der Waals surface area contributed by atoms with Crippen LogP contribution in [0.25, 0.3) is 5.69 Å². The van der Waals surface area contributed by atoms with Crippen molar-refractivity contribution in [2.45, 2.75) is 11.4 Å². The van der Waals surface area contributed by atoms with Crippen molar-refractivity contribution in [1.82, 2.24) is 20.1 Å². The predicted octanol–water partition coefficient (Wildman–Crippen LogP) is 3.39. The maximum Gasteiger partial charge on any atom is 0.319 e. The molecule has 0 aliphatic rings. The van der Waals surface area contributed by atoms with Crippen LogP contribution >= 0.6 is 0 Å². The fourth-order valence-corrected chi connectivity index (χ4v) is 3.95. The van der Waals surface area contributed by atoms with Gasteiger partial charge < -0.3 is 10.6 Å². The minimum Gasteiger partial charge on any atom is -0.334 e. The van der Waals surface area contributed by atoms with E-state index in [2.05, 4.69) is 25.4 Å². The average Bonchev–Trinajstić information content (AvgIpc) is 3.35. The summed E-state index contributed by atoms with van der Waals surface area (Å²) in [5, 5.41) is 9.54. The van der Waals surface area contributed by atoms with Gasteiger partial charge in [-0.3, -0.25) is 9.71 Å². The maximum atomic E-state index is 12.7. The lowest BCUT2D eigenvalue weighted by molar-refractivity contribution is 0.251. The van der Waals surface area contributed by atoms with Crippen LogP contribution in [0.15, 0.2) is 96.4 Å². The first-order valence-electron chi connectivity index (χ1n) is 9.66. The third-order valence-electron chi connectivity index (χ3n) is 4.49. The van der Waals surface area contributed by atoms with Crippen molar-refractivity contribution in [2.24, 2.45) is 0 Å². The van der Waals surface area contributed by atoms with E-state index in [-0.39, 0.29) is 10.9 Å². The number of amides is 2. The number of carbonyl (C=O) groups excluding carboxylic acids is 1. The molecule has 0 aliphatic heterocycles. The first kappa shape index (κ1) is 21.1. The Kier molecular flexibility index (Phi) is 6.13. The number of nitrogens with one attached hydrogen (secondary N) is 3. The molecule has 2 aromatic heterocycles. The van der Waals surface area contributed by atoms with E-state index in [1.54, 1.807) is 78.0 Å². The molecule has 4 aromatic rings. The SMILES string of the molecule is O=C(NCc1cccnc1)Nc1ccc(NS(=O)(=O)c2ccc(-n3cccn3)cc2)cc1. The van der Waals surface area contributed by atoms with Crippen LogP contribution in [0.1, 0.15) is 5.56 Å². The molecule has 0 radical (unpaired) electrons. The van der Waals surface area contributed by atoms with Crippen LogP contribution in [0.4, 0.5) is 16.2 Å². The molecule has 2 amide bonds. The molecule has 0 unspecified atom stereocenters. The van der Waals surface area contributed by atoms with E-state index in [1.165, 1.54) is 12.1 Å². The fraction of sp³-hybridized carbons (Fsp3) is 0.0455. The molecule has 32 heavy (non-hydrogen) atoms. The molecule has 2 heterocycles. The molecule has 0 atom stereocenters. The van der Waals surface area contributed by atoms with Gasteiger partial charge in [-0.1, -0.05) is 6.07 Å². The van der Waals surface area contributed by atoms with Gasteiger partial charge in [-0.05, 0) is 66.2 Å². The number of urea groups is 1. The van der Waals surface area contributed by atoms with Gasteiger partial charge in [-0.15, -0.1) is 0 Å². The van der Waals surface area contributed by atoms with E-state index in [4.69, 9.17) is 0 Å². The Labute approximate surface area is 185 Å². The van der Waals surface area contributed by atoms with E-state index in [0.717, 1.165) is 11.3 Å². The van der Waals surface area contributed by atoms with E-state index in [9.17, 15) is 13.2 Å². The first-order valence-corrected chi connectivity index (χ1v) is 11.1. The quantitative estimate of drug-likeness (QED) is 0.401. The zero-order valence-corrected chi connectivity index (χ0v) is 17.7. The lowest BCUT2D eigenvalue weighted by atomic mass is 10.3. The number of carbonyl (C=O) groups is 1. The third-order valence-corrected chi connectivity index (χ3v) is 5.88. The molecule has 2 aromatic carbocycles. The molecule has 9 nitrogen and oxygen atoms in total. The first-order chi connectivity index (χ1) is 15.5. The second-order valence-electron chi connectivity index (χ2n) is 6.80. The third kappa shape index (κ3) is 5.29. The molecule has 0 aliphatic carbocycles. The van der Waals surface area contributed by atoms with Crippen molar-refractivity contribution in [1.29, 1.82) is 0 Å². The topological polar surface area (TPSA) is 118 Å². The molecular weight excluding hydrogens is 428 g/mol. The Morgan fingerprint density at radius 3 is 2.31 bits per heavy atom. The average molecular weight is 449 g/mol. The minimum atomic E-state index is -3.76. The van der Waals surface area contributed by atoms with Crippen LogP contribution in [0, 0.1) is 0 Å². The highest BCUT2D eigenvalue weighted by Gasteiger charge is 2.14. The number of rotatable bonds is 7. The number of hydrogen-bond acceptors (Lipinski definition) is 5. The highest BCUT2D eigenvalue weighted by atomic mass is 32.2. The summed E-state index contributed by atoms with van der Waals surface area (Å²) in [7, 11) is -3.76. The van der Waals surface area contributed by atoms with Crippen molar-refractivity contribution in [3.63, 3.8) is 0 Å². The second-order valence-corrected chi connectivity index (χ2v) is 8.48. The molecule has 0 fully saturated rings. The van der Waals surface area contributed by atoms with Crippen LogP contribution in [-0.2, 0) is 16.6 Å². The zero-order chi connectivity index (χ0) is 22.4. The van der Waals surface area contributed by atoms with Gasteiger partial charge in [0, 0.05) is 42.7 Å². The zero-order valence-electron chi connectivity index (χ0n) is 16.8. The summed E-state index contributed by atoms with van der Waals surface area (Å²) in [5.74, 6) is 0. The predicted molar refractivity (Wildman–Crippen MR) is 121 cm³/mol. The minimum absolute atomic E-state index is 0.130. The molecule has 4 rings (SSSR count). The molecule has 162 valence electrons. The standard InChI is InChI=1S/C22H20N6O3S/c29-22(24-16-17-3-1-12-23-15-17)26-18-4-6-19(7-5-18)27-32(30,31)21-10-8-20(9-11-21)28-14-2-13-25-28/h1-15,27H,16H2,(H2,24,26,29). The van der Waals surface area contributed by atoms with E-state index < -0.39 is 10.0 Å². The van der Waals surface area contributed by atoms with Crippen molar-refractivity contribution >= 4 is 27.4 Å². The van der Waals surface area contributed by atoms with Crippen LogP contribution in [0.2, 0.25) is 0 Å². The summed E-state index contributed by atoms with van der Waals surface area (Å²) in [4.78, 5) is 16.2. The van der Waals surface area contributed by atoms with Crippen LogP contribution < -0.4 is 15.4 Å². The van der Waals surface area contributed by atoms with Crippen LogP contribution in [0.5, 0.6) is 0 Å². The Morgan fingerprint density at radius 2 is 1.66 bits per heavy atom. The molecule has 0 bridgehead atoms. The van der Waals surface area contributed by atoms with Gasteiger partial charge >= 0.3 is 6.03 Å².